The van der Waals surface area contributed by atoms with Crippen LogP contribution >= 0.6 is 23.2 Å². The van der Waals surface area contributed by atoms with Gasteiger partial charge in [-0.3, -0.25) is 14.5 Å². The van der Waals surface area contributed by atoms with Crippen molar-refractivity contribution < 1.29 is 23.5 Å². The van der Waals surface area contributed by atoms with Gasteiger partial charge in [0.25, 0.3) is 5.91 Å². The minimum Gasteiger partial charge on any atom is -0.466 e. The summed E-state index contributed by atoms with van der Waals surface area (Å²) in [6.07, 6.45) is 1.40. The van der Waals surface area contributed by atoms with Gasteiger partial charge in [0, 0.05) is 23.3 Å². The highest BCUT2D eigenvalue weighted by Crippen LogP contribution is 2.27. The van der Waals surface area contributed by atoms with Crippen molar-refractivity contribution in [2.75, 3.05) is 18.6 Å². The standard InChI is InChI=1S/C22H20Cl2FN3O4/c1-13(22(31)32-2)3-8-18-21(30)28(20-17(25)9-16(24)10-26-20)12-19(29)27(18)11-14-4-6-15(23)7-5-14/h4-7,9-10,18H,1,3,8,11-12H2,2H3. The largest absolute Gasteiger partial charge is 0.466 e. The van der Waals surface area contributed by atoms with E-state index in [2.05, 4.69) is 16.3 Å². The van der Waals surface area contributed by atoms with Gasteiger partial charge in [-0.05, 0) is 36.6 Å². The molecule has 10 heteroatoms. The fourth-order valence-corrected chi connectivity index (χ4v) is 3.67. The van der Waals surface area contributed by atoms with Crippen LogP contribution in [0.2, 0.25) is 10.0 Å². The highest BCUT2D eigenvalue weighted by molar-refractivity contribution is 6.30. The molecule has 168 valence electrons. The Morgan fingerprint density at radius 3 is 2.56 bits per heavy atom. The smallest absolute Gasteiger partial charge is 0.333 e. The second-order valence-corrected chi connectivity index (χ2v) is 8.05. The van der Waals surface area contributed by atoms with E-state index in [0.717, 1.165) is 16.5 Å². The Labute approximate surface area is 194 Å². The van der Waals surface area contributed by atoms with E-state index in [4.69, 9.17) is 23.2 Å². The highest BCUT2D eigenvalue weighted by Gasteiger charge is 2.41. The maximum absolute atomic E-state index is 14.5. The number of halogens is 3. The third-order valence-electron chi connectivity index (χ3n) is 5.04. The number of hydrogen-bond donors (Lipinski definition) is 0. The molecule has 0 saturated carbocycles. The zero-order valence-electron chi connectivity index (χ0n) is 17.2. The first-order chi connectivity index (χ1) is 15.2. The summed E-state index contributed by atoms with van der Waals surface area (Å²) in [5.74, 6) is -2.63. The normalized spacial score (nSPS) is 16.3. The van der Waals surface area contributed by atoms with E-state index in [0.29, 0.717) is 5.02 Å². The van der Waals surface area contributed by atoms with Gasteiger partial charge in [0.2, 0.25) is 5.91 Å². The Hall–Kier alpha value is -2.97. The lowest BCUT2D eigenvalue weighted by Gasteiger charge is -2.40. The van der Waals surface area contributed by atoms with Crippen LogP contribution in [0.25, 0.3) is 0 Å². The number of amides is 2. The number of methoxy groups -OCH3 is 1. The van der Waals surface area contributed by atoms with Crippen LogP contribution in [0.15, 0.2) is 48.7 Å². The first-order valence-corrected chi connectivity index (χ1v) is 10.4. The summed E-state index contributed by atoms with van der Waals surface area (Å²) in [6.45, 7) is 3.43. The quantitative estimate of drug-likeness (QED) is 0.445. The molecule has 1 aliphatic rings. The first kappa shape index (κ1) is 23.7. The van der Waals surface area contributed by atoms with Crippen LogP contribution in [0, 0.1) is 5.82 Å². The Kier molecular flexibility index (Phi) is 7.48. The topological polar surface area (TPSA) is 79.8 Å². The Morgan fingerprint density at radius 2 is 1.94 bits per heavy atom. The number of ether oxygens (including phenoxy) is 1. The number of carbonyl (C=O) groups excluding carboxylic acids is 3. The van der Waals surface area contributed by atoms with E-state index in [9.17, 15) is 18.8 Å². The lowest BCUT2D eigenvalue weighted by Crippen LogP contribution is -2.60. The summed E-state index contributed by atoms with van der Waals surface area (Å²) in [5, 5.41) is 0.605. The molecular formula is C22H20Cl2FN3O4. The average Bonchev–Trinajstić information content (AvgIpc) is 2.76. The predicted molar refractivity (Wildman–Crippen MR) is 118 cm³/mol. The fourth-order valence-electron chi connectivity index (χ4n) is 3.40. The third kappa shape index (κ3) is 5.26. The number of esters is 1. The van der Waals surface area contributed by atoms with E-state index in [-0.39, 0.29) is 42.3 Å². The fraction of sp³-hybridized carbons (Fsp3) is 0.273. The van der Waals surface area contributed by atoms with Gasteiger partial charge in [-0.1, -0.05) is 41.9 Å². The molecule has 0 N–H and O–H groups in total. The zero-order chi connectivity index (χ0) is 23.4. The van der Waals surface area contributed by atoms with Crippen LogP contribution in [-0.2, 0) is 25.7 Å². The number of nitrogens with zero attached hydrogens (tertiary/aromatic N) is 3. The molecule has 3 rings (SSSR count). The van der Waals surface area contributed by atoms with Gasteiger partial charge >= 0.3 is 5.97 Å². The molecule has 1 fully saturated rings. The molecule has 2 heterocycles. The average molecular weight is 480 g/mol. The molecule has 1 unspecified atom stereocenters. The molecule has 0 aliphatic carbocycles. The number of aromatic nitrogens is 1. The van der Waals surface area contributed by atoms with E-state index in [1.54, 1.807) is 24.3 Å². The van der Waals surface area contributed by atoms with Crippen LogP contribution in [-0.4, -0.2) is 47.4 Å². The molecule has 1 aliphatic heterocycles. The van der Waals surface area contributed by atoms with Crippen molar-refractivity contribution in [3.8, 4) is 0 Å². The maximum atomic E-state index is 14.5. The van der Waals surface area contributed by atoms with Gasteiger partial charge in [0.05, 0.1) is 12.1 Å². The summed E-state index contributed by atoms with van der Waals surface area (Å²) in [4.78, 5) is 44.4. The summed E-state index contributed by atoms with van der Waals surface area (Å²) in [6, 6.07) is 6.91. The number of carbonyl (C=O) groups is 3. The lowest BCUT2D eigenvalue weighted by atomic mass is 10.0. The van der Waals surface area contributed by atoms with Gasteiger partial charge in [-0.15, -0.1) is 0 Å². The number of rotatable bonds is 7. The number of pyridine rings is 1. The summed E-state index contributed by atoms with van der Waals surface area (Å²) < 4.78 is 19.1. The summed E-state index contributed by atoms with van der Waals surface area (Å²) >= 11 is 11.7. The molecule has 0 bridgehead atoms. The van der Waals surface area contributed by atoms with Crippen LogP contribution in [0.4, 0.5) is 10.2 Å². The third-order valence-corrected chi connectivity index (χ3v) is 5.50. The number of benzene rings is 1. The number of anilines is 1. The monoisotopic (exact) mass is 479 g/mol. The van der Waals surface area contributed by atoms with E-state index < -0.39 is 29.6 Å². The molecule has 32 heavy (non-hydrogen) atoms. The van der Waals surface area contributed by atoms with Gasteiger partial charge in [-0.2, -0.15) is 0 Å². The van der Waals surface area contributed by atoms with E-state index >= 15 is 0 Å². The van der Waals surface area contributed by atoms with Crippen molar-refractivity contribution in [2.45, 2.75) is 25.4 Å². The minimum absolute atomic E-state index is 0.0670. The second kappa shape index (κ2) is 10.1. The molecule has 0 spiro atoms. The molecule has 1 atom stereocenters. The maximum Gasteiger partial charge on any atom is 0.333 e. The summed E-state index contributed by atoms with van der Waals surface area (Å²) in [5.41, 5.74) is 0.920. The van der Waals surface area contributed by atoms with Crippen molar-refractivity contribution >= 4 is 46.8 Å². The van der Waals surface area contributed by atoms with Crippen LogP contribution in [0.3, 0.4) is 0 Å². The first-order valence-electron chi connectivity index (χ1n) is 9.63. The van der Waals surface area contributed by atoms with Crippen molar-refractivity contribution in [3.63, 3.8) is 0 Å². The van der Waals surface area contributed by atoms with Crippen molar-refractivity contribution in [3.05, 3.63) is 70.1 Å². The Balaban J connectivity index is 1.90. The molecule has 1 aromatic carbocycles. The number of piperazine rings is 1. The molecule has 7 nitrogen and oxygen atoms in total. The summed E-state index contributed by atoms with van der Waals surface area (Å²) in [7, 11) is 1.23. The molecule has 0 radical (unpaired) electrons. The van der Waals surface area contributed by atoms with Gasteiger partial charge in [-0.25, -0.2) is 14.2 Å². The molecule has 2 amide bonds. The molecule has 1 aromatic heterocycles. The number of hydrogen-bond acceptors (Lipinski definition) is 5. The molecular weight excluding hydrogens is 460 g/mol. The Morgan fingerprint density at radius 1 is 1.25 bits per heavy atom. The van der Waals surface area contributed by atoms with Gasteiger partial charge in [0.1, 0.15) is 12.6 Å². The van der Waals surface area contributed by atoms with Crippen molar-refractivity contribution in [1.82, 2.24) is 9.88 Å². The van der Waals surface area contributed by atoms with E-state index in [1.165, 1.54) is 18.2 Å². The van der Waals surface area contributed by atoms with Crippen LogP contribution in [0.1, 0.15) is 18.4 Å². The van der Waals surface area contributed by atoms with E-state index in [1.807, 2.05) is 0 Å². The predicted octanol–water partition coefficient (Wildman–Crippen LogP) is 3.78. The highest BCUT2D eigenvalue weighted by atomic mass is 35.5. The minimum atomic E-state index is -0.967. The van der Waals surface area contributed by atoms with Crippen molar-refractivity contribution in [2.24, 2.45) is 0 Å². The lowest BCUT2D eigenvalue weighted by molar-refractivity contribution is -0.144. The molecule has 2 aromatic rings. The molecule has 1 saturated heterocycles. The van der Waals surface area contributed by atoms with Gasteiger partial charge < -0.3 is 9.64 Å². The van der Waals surface area contributed by atoms with Crippen LogP contribution < -0.4 is 4.90 Å². The van der Waals surface area contributed by atoms with Crippen LogP contribution in [0.5, 0.6) is 0 Å². The SMILES string of the molecule is C=C(CCC1C(=O)N(c2ncc(Cl)cc2F)CC(=O)N1Cc1ccc(Cl)cc1)C(=O)OC. The zero-order valence-corrected chi connectivity index (χ0v) is 18.7. The second-order valence-electron chi connectivity index (χ2n) is 7.18. The van der Waals surface area contributed by atoms with Crippen molar-refractivity contribution in [1.29, 1.82) is 0 Å². The van der Waals surface area contributed by atoms with Gasteiger partial charge in [0.15, 0.2) is 11.6 Å². The Bertz CT molecular complexity index is 1060.